The third kappa shape index (κ3) is 4.43. The maximum absolute atomic E-state index is 14.0. The summed E-state index contributed by atoms with van der Waals surface area (Å²) in [6.45, 7) is 3.97. The van der Waals surface area contributed by atoms with Gasteiger partial charge in [0.15, 0.2) is 0 Å². The highest BCUT2D eigenvalue weighted by atomic mass is 79.9. The maximum Gasteiger partial charge on any atom is 0.127 e. The van der Waals surface area contributed by atoms with Crippen molar-refractivity contribution in [2.75, 3.05) is 5.73 Å². The van der Waals surface area contributed by atoms with Gasteiger partial charge in [0.05, 0.1) is 11.4 Å². The van der Waals surface area contributed by atoms with Crippen molar-refractivity contribution in [3.63, 3.8) is 0 Å². The average molecular weight is 410 g/mol. The number of halogens is 2. The number of hydrogen-bond donors (Lipinski definition) is 1. The molecule has 0 unspecified atom stereocenters. The number of nitrogen functional groups attached to an aromatic ring is 1. The summed E-state index contributed by atoms with van der Waals surface area (Å²) >= 11 is 3.26. The highest BCUT2D eigenvalue weighted by Gasteiger charge is 2.07. The van der Waals surface area contributed by atoms with Crippen molar-refractivity contribution in [1.29, 1.82) is 0 Å². The number of anilines is 1. The summed E-state index contributed by atoms with van der Waals surface area (Å²) < 4.78 is 14.7. The van der Waals surface area contributed by atoms with Crippen molar-refractivity contribution in [3.05, 3.63) is 100 Å². The SMILES string of the molecule is C=C(/N=C\c1ccccc1N)c1cccc(Cc2ccc(Br)cc2F)n1. The van der Waals surface area contributed by atoms with E-state index in [9.17, 15) is 4.39 Å². The lowest BCUT2D eigenvalue weighted by molar-refractivity contribution is 0.612. The Morgan fingerprint density at radius 2 is 1.96 bits per heavy atom. The normalized spacial score (nSPS) is 11.0. The minimum absolute atomic E-state index is 0.261. The molecule has 0 aliphatic rings. The van der Waals surface area contributed by atoms with E-state index in [0.717, 1.165) is 11.3 Å². The van der Waals surface area contributed by atoms with Gasteiger partial charge in [-0.1, -0.05) is 52.8 Å². The van der Waals surface area contributed by atoms with Gasteiger partial charge in [-0.25, -0.2) is 4.39 Å². The summed E-state index contributed by atoms with van der Waals surface area (Å²) in [6, 6.07) is 18.0. The van der Waals surface area contributed by atoms with Crippen molar-refractivity contribution in [2.45, 2.75) is 6.42 Å². The molecule has 0 spiro atoms. The van der Waals surface area contributed by atoms with Crippen LogP contribution in [0.25, 0.3) is 5.70 Å². The first-order valence-electron chi connectivity index (χ1n) is 8.00. The van der Waals surface area contributed by atoms with E-state index >= 15 is 0 Å². The molecule has 2 N–H and O–H groups in total. The monoisotopic (exact) mass is 409 g/mol. The predicted molar refractivity (Wildman–Crippen MR) is 109 cm³/mol. The van der Waals surface area contributed by atoms with E-state index in [1.165, 1.54) is 6.07 Å². The van der Waals surface area contributed by atoms with Gasteiger partial charge in [-0.3, -0.25) is 9.98 Å². The largest absolute Gasteiger partial charge is 0.398 e. The molecule has 26 heavy (non-hydrogen) atoms. The summed E-state index contributed by atoms with van der Waals surface area (Å²) in [4.78, 5) is 8.90. The van der Waals surface area contributed by atoms with Gasteiger partial charge in [0.25, 0.3) is 0 Å². The Bertz CT molecular complexity index is 982. The molecule has 0 atom stereocenters. The molecule has 1 heterocycles. The van der Waals surface area contributed by atoms with E-state index in [4.69, 9.17) is 5.73 Å². The molecular formula is C21H17BrFN3. The van der Waals surface area contributed by atoms with Gasteiger partial charge in [0.1, 0.15) is 5.82 Å². The second-order valence-corrected chi connectivity index (χ2v) is 6.68. The Balaban J connectivity index is 1.78. The molecule has 130 valence electrons. The summed E-state index contributed by atoms with van der Waals surface area (Å²) in [6.07, 6.45) is 2.07. The molecule has 0 saturated heterocycles. The van der Waals surface area contributed by atoms with Crippen LogP contribution in [-0.2, 0) is 6.42 Å². The van der Waals surface area contributed by atoms with E-state index in [1.54, 1.807) is 12.3 Å². The van der Waals surface area contributed by atoms with E-state index in [0.29, 0.717) is 33.5 Å². The molecule has 0 radical (unpaired) electrons. The fourth-order valence-corrected chi connectivity index (χ4v) is 2.77. The van der Waals surface area contributed by atoms with Crippen LogP contribution in [-0.4, -0.2) is 11.2 Å². The number of aliphatic imine (C=N–C) groups is 1. The average Bonchev–Trinajstić information content (AvgIpc) is 2.63. The summed E-state index contributed by atoms with van der Waals surface area (Å²) in [5, 5.41) is 0. The van der Waals surface area contributed by atoms with Gasteiger partial charge in [-0.05, 0) is 35.9 Å². The van der Waals surface area contributed by atoms with E-state index in [1.807, 2.05) is 48.5 Å². The van der Waals surface area contributed by atoms with Crippen molar-refractivity contribution in [3.8, 4) is 0 Å². The van der Waals surface area contributed by atoms with Gasteiger partial charge >= 0.3 is 0 Å². The van der Waals surface area contributed by atoms with Crippen molar-refractivity contribution in [2.24, 2.45) is 4.99 Å². The smallest absolute Gasteiger partial charge is 0.127 e. The first-order chi connectivity index (χ1) is 12.5. The molecular weight excluding hydrogens is 393 g/mol. The lowest BCUT2D eigenvalue weighted by Gasteiger charge is -2.06. The van der Waals surface area contributed by atoms with Crippen LogP contribution >= 0.6 is 15.9 Å². The minimum Gasteiger partial charge on any atom is -0.398 e. The second-order valence-electron chi connectivity index (χ2n) is 5.76. The number of rotatable bonds is 5. The van der Waals surface area contributed by atoms with Crippen LogP contribution in [0.4, 0.5) is 10.1 Å². The number of aromatic nitrogens is 1. The number of nitrogens with zero attached hydrogens (tertiary/aromatic N) is 2. The fraction of sp³-hybridized carbons (Fsp3) is 0.0476. The molecule has 0 bridgehead atoms. The number of hydrogen-bond acceptors (Lipinski definition) is 3. The Labute approximate surface area is 160 Å². The lowest BCUT2D eigenvalue weighted by atomic mass is 10.1. The molecule has 0 amide bonds. The van der Waals surface area contributed by atoms with Crippen LogP contribution in [0.5, 0.6) is 0 Å². The molecule has 5 heteroatoms. The lowest BCUT2D eigenvalue weighted by Crippen LogP contribution is -1.98. The predicted octanol–water partition coefficient (Wildman–Crippen LogP) is 5.25. The maximum atomic E-state index is 14.0. The third-order valence-corrected chi connectivity index (χ3v) is 4.34. The van der Waals surface area contributed by atoms with Crippen molar-refractivity contribution in [1.82, 2.24) is 4.98 Å². The Kier molecular flexibility index (Phi) is 5.58. The standard InChI is InChI=1S/C21H17BrFN3/c1-14(25-13-16-5-2-3-7-20(16)24)21-8-4-6-18(26-21)11-15-9-10-17(22)12-19(15)23/h2-10,12-13H,1,11,24H2/b25-13-. The van der Waals surface area contributed by atoms with Gasteiger partial charge < -0.3 is 5.73 Å². The zero-order valence-corrected chi connectivity index (χ0v) is 15.6. The molecule has 1 aromatic heterocycles. The quantitative estimate of drug-likeness (QED) is 0.462. The number of para-hydroxylation sites is 1. The molecule has 3 aromatic rings. The molecule has 3 nitrogen and oxygen atoms in total. The molecule has 0 aliphatic heterocycles. The van der Waals surface area contributed by atoms with Gasteiger partial charge in [0, 0.05) is 34.1 Å². The highest BCUT2D eigenvalue weighted by Crippen LogP contribution is 2.19. The highest BCUT2D eigenvalue weighted by molar-refractivity contribution is 9.10. The summed E-state index contributed by atoms with van der Waals surface area (Å²) in [5.74, 6) is -0.261. The van der Waals surface area contributed by atoms with Crippen LogP contribution in [0.2, 0.25) is 0 Å². The Morgan fingerprint density at radius 1 is 1.15 bits per heavy atom. The van der Waals surface area contributed by atoms with E-state index < -0.39 is 0 Å². The van der Waals surface area contributed by atoms with Crippen LogP contribution in [0.15, 0.2) is 76.7 Å². The van der Waals surface area contributed by atoms with Crippen molar-refractivity contribution >= 4 is 33.5 Å². The molecule has 3 rings (SSSR count). The Hall–Kier alpha value is -2.79. The zero-order chi connectivity index (χ0) is 18.5. The van der Waals surface area contributed by atoms with Crippen LogP contribution in [0.3, 0.4) is 0 Å². The number of pyridine rings is 1. The molecule has 0 aliphatic carbocycles. The van der Waals surface area contributed by atoms with Crippen LogP contribution in [0, 0.1) is 5.82 Å². The van der Waals surface area contributed by atoms with Gasteiger partial charge in [-0.2, -0.15) is 0 Å². The minimum atomic E-state index is -0.261. The molecule has 0 saturated carbocycles. The van der Waals surface area contributed by atoms with E-state index in [2.05, 4.69) is 32.5 Å². The second kappa shape index (κ2) is 8.06. The van der Waals surface area contributed by atoms with Gasteiger partial charge in [-0.15, -0.1) is 0 Å². The molecule has 0 fully saturated rings. The summed E-state index contributed by atoms with van der Waals surface area (Å²) in [5.41, 5.74) is 9.88. The topological polar surface area (TPSA) is 51.3 Å². The first kappa shape index (κ1) is 18.0. The van der Waals surface area contributed by atoms with Crippen molar-refractivity contribution < 1.29 is 4.39 Å². The molecule has 2 aromatic carbocycles. The first-order valence-corrected chi connectivity index (χ1v) is 8.80. The Morgan fingerprint density at radius 3 is 2.73 bits per heavy atom. The fourth-order valence-electron chi connectivity index (χ4n) is 2.44. The zero-order valence-electron chi connectivity index (χ0n) is 14.0. The van der Waals surface area contributed by atoms with E-state index in [-0.39, 0.29) is 5.82 Å². The van der Waals surface area contributed by atoms with Crippen LogP contribution in [0.1, 0.15) is 22.5 Å². The van der Waals surface area contributed by atoms with Gasteiger partial charge in [0.2, 0.25) is 0 Å². The third-order valence-electron chi connectivity index (χ3n) is 3.84. The number of benzene rings is 2. The summed E-state index contributed by atoms with van der Waals surface area (Å²) in [7, 11) is 0. The number of nitrogens with two attached hydrogens (primary N) is 1. The van der Waals surface area contributed by atoms with Crippen LogP contribution < -0.4 is 5.73 Å².